The molecule has 2 atom stereocenters. The summed E-state index contributed by atoms with van der Waals surface area (Å²) in [5, 5.41) is 7.85. The van der Waals surface area contributed by atoms with Crippen molar-refractivity contribution in [2.24, 2.45) is 0 Å². The number of piperidine rings is 1. The van der Waals surface area contributed by atoms with E-state index in [4.69, 9.17) is 0 Å². The van der Waals surface area contributed by atoms with E-state index >= 15 is 0 Å². The molecule has 0 radical (unpaired) electrons. The fourth-order valence-electron chi connectivity index (χ4n) is 2.19. The third kappa shape index (κ3) is 2.95. The van der Waals surface area contributed by atoms with E-state index in [1.807, 2.05) is 10.9 Å². The van der Waals surface area contributed by atoms with Gasteiger partial charge in [-0.2, -0.15) is 5.10 Å². The van der Waals surface area contributed by atoms with Crippen molar-refractivity contribution in [2.45, 2.75) is 51.7 Å². The van der Waals surface area contributed by atoms with Crippen molar-refractivity contribution in [1.29, 1.82) is 0 Å². The molecule has 0 spiro atoms. The summed E-state index contributed by atoms with van der Waals surface area (Å²) in [6, 6.07) is 1.19. The average Bonchev–Trinajstić information content (AvgIpc) is 2.74. The van der Waals surface area contributed by atoms with Gasteiger partial charge in [0.1, 0.15) is 0 Å². The average molecular weight is 219 g/mol. The maximum atomic E-state index is 4.26. The lowest BCUT2D eigenvalue weighted by atomic mass is 9.99. The first kappa shape index (κ1) is 11.4. The van der Waals surface area contributed by atoms with Crippen molar-refractivity contribution >= 4 is 6.08 Å². The molecule has 0 aliphatic carbocycles. The lowest BCUT2D eigenvalue weighted by Crippen LogP contribution is -2.39. The molecule has 2 unspecified atom stereocenters. The van der Waals surface area contributed by atoms with Crippen LogP contribution in [0.1, 0.15) is 38.7 Å². The van der Waals surface area contributed by atoms with Crippen molar-refractivity contribution in [1.82, 2.24) is 15.1 Å². The predicted molar refractivity (Wildman–Crippen MR) is 67.2 cm³/mol. The zero-order valence-electron chi connectivity index (χ0n) is 10.2. The normalized spacial score (nSPS) is 26.4. The van der Waals surface area contributed by atoms with Gasteiger partial charge in [-0.3, -0.25) is 4.68 Å². The molecule has 88 valence electrons. The van der Waals surface area contributed by atoms with Crippen molar-refractivity contribution in [2.75, 3.05) is 0 Å². The van der Waals surface area contributed by atoms with E-state index in [-0.39, 0.29) is 0 Å². The molecule has 1 fully saturated rings. The molecule has 0 saturated carbocycles. The maximum Gasteiger partial charge on any atom is 0.0562 e. The Morgan fingerprint density at radius 3 is 3.12 bits per heavy atom. The molecule has 1 N–H and O–H groups in total. The van der Waals surface area contributed by atoms with Crippen LogP contribution in [0.15, 0.2) is 18.5 Å². The molecule has 1 aliphatic heterocycles. The fraction of sp³-hybridized carbons (Fsp3) is 0.615. The van der Waals surface area contributed by atoms with Gasteiger partial charge in [-0.1, -0.05) is 18.6 Å². The van der Waals surface area contributed by atoms with Gasteiger partial charge in [0.15, 0.2) is 0 Å². The van der Waals surface area contributed by atoms with Gasteiger partial charge < -0.3 is 5.32 Å². The van der Waals surface area contributed by atoms with Crippen LogP contribution in [0.3, 0.4) is 0 Å². The van der Waals surface area contributed by atoms with Crippen LogP contribution in [0.4, 0.5) is 0 Å². The highest BCUT2D eigenvalue weighted by Crippen LogP contribution is 2.14. The molecule has 1 aromatic heterocycles. The second-order valence-corrected chi connectivity index (χ2v) is 4.59. The minimum absolute atomic E-state index is 0.536. The van der Waals surface area contributed by atoms with E-state index in [0.29, 0.717) is 12.1 Å². The van der Waals surface area contributed by atoms with Crippen LogP contribution in [0, 0.1) is 0 Å². The molecule has 2 heterocycles. The Morgan fingerprint density at radius 2 is 2.44 bits per heavy atom. The van der Waals surface area contributed by atoms with E-state index in [2.05, 4.69) is 42.6 Å². The van der Waals surface area contributed by atoms with Gasteiger partial charge in [0.25, 0.3) is 0 Å². The molecule has 0 amide bonds. The molecule has 16 heavy (non-hydrogen) atoms. The third-order valence-corrected chi connectivity index (χ3v) is 3.15. The molecule has 3 nitrogen and oxygen atoms in total. The molecule has 1 aliphatic rings. The summed E-state index contributed by atoms with van der Waals surface area (Å²) in [4.78, 5) is 0. The second kappa shape index (κ2) is 5.30. The highest BCUT2D eigenvalue weighted by molar-refractivity contribution is 5.47. The van der Waals surface area contributed by atoms with Crippen molar-refractivity contribution in [3.05, 3.63) is 24.0 Å². The summed E-state index contributed by atoms with van der Waals surface area (Å²) in [5.41, 5.74) is 1.20. The van der Waals surface area contributed by atoms with Crippen LogP contribution in [-0.2, 0) is 6.54 Å². The third-order valence-electron chi connectivity index (χ3n) is 3.15. The van der Waals surface area contributed by atoms with E-state index in [0.717, 1.165) is 6.54 Å². The van der Waals surface area contributed by atoms with E-state index in [1.165, 1.54) is 24.8 Å². The van der Waals surface area contributed by atoms with Gasteiger partial charge in [0, 0.05) is 30.4 Å². The van der Waals surface area contributed by atoms with Crippen LogP contribution < -0.4 is 5.32 Å². The van der Waals surface area contributed by atoms with Crippen molar-refractivity contribution < 1.29 is 0 Å². The number of nitrogens with one attached hydrogen (secondary N) is 1. The first-order valence-electron chi connectivity index (χ1n) is 6.24. The lowest BCUT2D eigenvalue weighted by molar-refractivity contribution is 0.375. The van der Waals surface area contributed by atoms with Gasteiger partial charge in [0.05, 0.1) is 6.20 Å². The Hall–Kier alpha value is -1.09. The zero-order chi connectivity index (χ0) is 11.4. The monoisotopic (exact) mass is 219 g/mol. The van der Waals surface area contributed by atoms with Crippen LogP contribution in [0.2, 0.25) is 0 Å². The number of hydrogen-bond donors (Lipinski definition) is 1. The summed E-state index contributed by atoms with van der Waals surface area (Å²) < 4.78 is 1.95. The first-order valence-corrected chi connectivity index (χ1v) is 6.24. The highest BCUT2D eigenvalue weighted by Gasteiger charge is 2.14. The lowest BCUT2D eigenvalue weighted by Gasteiger charge is -2.26. The van der Waals surface area contributed by atoms with E-state index in [9.17, 15) is 0 Å². The van der Waals surface area contributed by atoms with Crippen LogP contribution >= 0.6 is 0 Å². The standard InChI is InChI=1S/C13H21N3/c1-3-16-10-12(9-14-16)7-8-13-6-4-5-11(2)15-13/h7-11,13,15H,3-6H2,1-2H3/b8-7+. The molecular weight excluding hydrogens is 198 g/mol. The largest absolute Gasteiger partial charge is 0.308 e. The molecule has 1 aromatic rings. The first-order chi connectivity index (χ1) is 7.78. The molecular formula is C13H21N3. The summed E-state index contributed by atoms with van der Waals surface area (Å²) in [5.74, 6) is 0. The SMILES string of the molecule is CCn1cc(/C=C/C2CCCC(C)N2)cn1. The highest BCUT2D eigenvalue weighted by atomic mass is 15.3. The Bertz CT molecular complexity index is 354. The molecule has 2 rings (SSSR count). The van der Waals surface area contributed by atoms with Gasteiger partial charge in [-0.25, -0.2) is 0 Å². The van der Waals surface area contributed by atoms with E-state index < -0.39 is 0 Å². The van der Waals surface area contributed by atoms with Gasteiger partial charge >= 0.3 is 0 Å². The second-order valence-electron chi connectivity index (χ2n) is 4.59. The fourth-order valence-corrected chi connectivity index (χ4v) is 2.19. The number of aryl methyl sites for hydroxylation is 1. The van der Waals surface area contributed by atoms with Gasteiger partial charge in [-0.15, -0.1) is 0 Å². The van der Waals surface area contributed by atoms with Crippen LogP contribution in [0.5, 0.6) is 0 Å². The quantitative estimate of drug-likeness (QED) is 0.846. The zero-order valence-corrected chi connectivity index (χ0v) is 10.2. The minimum atomic E-state index is 0.536. The summed E-state index contributed by atoms with van der Waals surface area (Å²) >= 11 is 0. The summed E-state index contributed by atoms with van der Waals surface area (Å²) in [6.07, 6.45) is 12.3. The number of hydrogen-bond acceptors (Lipinski definition) is 2. The topological polar surface area (TPSA) is 29.9 Å². The number of nitrogens with zero attached hydrogens (tertiary/aromatic N) is 2. The Kier molecular flexibility index (Phi) is 3.78. The number of rotatable bonds is 3. The maximum absolute atomic E-state index is 4.26. The van der Waals surface area contributed by atoms with Gasteiger partial charge in [0.2, 0.25) is 0 Å². The van der Waals surface area contributed by atoms with Crippen LogP contribution in [-0.4, -0.2) is 21.9 Å². The summed E-state index contributed by atoms with van der Waals surface area (Å²) in [6.45, 7) is 5.30. The van der Waals surface area contributed by atoms with Crippen molar-refractivity contribution in [3.63, 3.8) is 0 Å². The number of aromatic nitrogens is 2. The van der Waals surface area contributed by atoms with Crippen LogP contribution in [0.25, 0.3) is 6.08 Å². The van der Waals surface area contributed by atoms with Gasteiger partial charge in [-0.05, 0) is 26.7 Å². The molecule has 3 heteroatoms. The predicted octanol–water partition coefficient (Wildman–Crippen LogP) is 2.45. The smallest absolute Gasteiger partial charge is 0.0562 e. The summed E-state index contributed by atoms with van der Waals surface area (Å²) in [7, 11) is 0. The Morgan fingerprint density at radius 1 is 1.56 bits per heavy atom. The molecule has 0 bridgehead atoms. The molecule has 0 aromatic carbocycles. The minimum Gasteiger partial charge on any atom is -0.308 e. The Labute approximate surface area is 97.5 Å². The van der Waals surface area contributed by atoms with Crippen molar-refractivity contribution in [3.8, 4) is 0 Å². The van der Waals surface area contributed by atoms with E-state index in [1.54, 1.807) is 0 Å². The molecule has 1 saturated heterocycles. The Balaban J connectivity index is 1.92.